The Kier molecular flexibility index (Phi) is 7.26. The molecular formula is C26H35N9O2. The van der Waals surface area contributed by atoms with Gasteiger partial charge in [0.15, 0.2) is 0 Å². The lowest BCUT2D eigenvalue weighted by Crippen LogP contribution is -2.54. The summed E-state index contributed by atoms with van der Waals surface area (Å²) in [5.74, 6) is 0.917. The second kappa shape index (κ2) is 10.8. The molecule has 5 rings (SSSR count). The first-order valence-corrected chi connectivity index (χ1v) is 12.6. The Labute approximate surface area is 216 Å². The van der Waals surface area contributed by atoms with Crippen LogP contribution in [0.3, 0.4) is 0 Å². The highest BCUT2D eigenvalue weighted by Crippen LogP contribution is 2.33. The van der Waals surface area contributed by atoms with Crippen LogP contribution in [-0.4, -0.2) is 92.2 Å². The summed E-state index contributed by atoms with van der Waals surface area (Å²) >= 11 is 0. The summed E-state index contributed by atoms with van der Waals surface area (Å²) < 4.78 is 6.99. The molecule has 1 unspecified atom stereocenters. The molecule has 0 bridgehead atoms. The van der Waals surface area contributed by atoms with Gasteiger partial charge >= 0.3 is 0 Å². The molecule has 196 valence electrons. The first kappa shape index (κ1) is 25.0. The van der Waals surface area contributed by atoms with Crippen LogP contribution in [0, 0.1) is 0 Å². The molecule has 0 aliphatic carbocycles. The van der Waals surface area contributed by atoms with Crippen LogP contribution >= 0.6 is 0 Å². The molecule has 1 saturated heterocycles. The van der Waals surface area contributed by atoms with Gasteiger partial charge < -0.3 is 30.4 Å². The monoisotopic (exact) mass is 505 g/mol. The minimum absolute atomic E-state index is 0.0401. The second-order valence-corrected chi connectivity index (χ2v) is 9.45. The molecule has 4 heterocycles. The molecule has 37 heavy (non-hydrogen) atoms. The van der Waals surface area contributed by atoms with Crippen LogP contribution in [0.4, 0.5) is 17.3 Å². The maximum atomic E-state index is 11.2. The third-order valence-corrected chi connectivity index (χ3v) is 6.97. The summed E-state index contributed by atoms with van der Waals surface area (Å²) in [5, 5.41) is 23.0. The number of hydrogen-bond donors (Lipinski definition) is 4. The number of nitrogens with one attached hydrogen (secondary N) is 3. The molecule has 2 atom stereocenters. The molecule has 4 aromatic rings. The first-order valence-electron chi connectivity index (χ1n) is 12.6. The molecule has 4 N–H and O–H groups in total. The van der Waals surface area contributed by atoms with Gasteiger partial charge in [-0.1, -0.05) is 19.1 Å². The summed E-state index contributed by atoms with van der Waals surface area (Å²) in [5.41, 5.74) is 4.19. The lowest BCUT2D eigenvalue weighted by molar-refractivity contribution is 0.0350. The number of aliphatic hydroxyl groups is 1. The van der Waals surface area contributed by atoms with Gasteiger partial charge in [-0.3, -0.25) is 9.58 Å². The summed E-state index contributed by atoms with van der Waals surface area (Å²) in [6.45, 7) is 6.08. The van der Waals surface area contributed by atoms with E-state index in [4.69, 9.17) is 9.72 Å². The van der Waals surface area contributed by atoms with Crippen LogP contribution in [0.5, 0.6) is 5.88 Å². The van der Waals surface area contributed by atoms with Crippen LogP contribution in [0.1, 0.15) is 13.3 Å². The van der Waals surface area contributed by atoms with Crippen molar-refractivity contribution in [1.82, 2.24) is 34.5 Å². The first-order chi connectivity index (χ1) is 18.0. The van der Waals surface area contributed by atoms with Crippen molar-refractivity contribution in [2.75, 3.05) is 51.0 Å². The number of methoxy groups -OCH3 is 1. The standard InChI is InChI=1S/C26H35N9O2/c1-5-22(35-13-11-33(2)12-14-35)24(36)29-20-8-6-7-17-18(15-28-23(17)20)19-9-10-27-26(30-19)31-21-16-34(3)32-25(21)37-4/h6-10,15-16,22,24,28-29,36H,5,11-14H2,1-4H3,(H,27,30,31)/t22-,24?/m0/s1. The molecule has 3 aromatic heterocycles. The topological polar surface area (TPSA) is 119 Å². The number of piperazine rings is 1. The molecule has 11 nitrogen and oxygen atoms in total. The molecule has 1 aromatic carbocycles. The van der Waals surface area contributed by atoms with Gasteiger partial charge in [0.2, 0.25) is 5.95 Å². The zero-order valence-electron chi connectivity index (χ0n) is 21.8. The van der Waals surface area contributed by atoms with E-state index in [-0.39, 0.29) is 6.04 Å². The van der Waals surface area contributed by atoms with Gasteiger partial charge in [-0.25, -0.2) is 9.97 Å². The fourth-order valence-corrected chi connectivity index (χ4v) is 4.97. The number of nitrogens with zero attached hydrogens (tertiary/aromatic N) is 6. The Morgan fingerprint density at radius 3 is 2.70 bits per heavy atom. The minimum atomic E-state index is -0.685. The smallest absolute Gasteiger partial charge is 0.256 e. The van der Waals surface area contributed by atoms with Crippen molar-refractivity contribution >= 4 is 28.2 Å². The summed E-state index contributed by atoms with van der Waals surface area (Å²) in [4.78, 5) is 17.2. The molecular weight excluding hydrogens is 470 g/mol. The number of ether oxygens (including phenoxy) is 1. The molecule has 1 aliphatic heterocycles. The Bertz CT molecular complexity index is 1340. The highest BCUT2D eigenvalue weighted by molar-refractivity contribution is 6.01. The highest BCUT2D eigenvalue weighted by Gasteiger charge is 2.27. The number of aryl methyl sites for hydroxylation is 1. The van der Waals surface area contributed by atoms with Crippen molar-refractivity contribution in [2.45, 2.75) is 25.6 Å². The van der Waals surface area contributed by atoms with Crippen LogP contribution in [-0.2, 0) is 7.05 Å². The minimum Gasteiger partial charge on any atom is -0.478 e. The van der Waals surface area contributed by atoms with E-state index in [0.717, 1.165) is 60.4 Å². The number of likely N-dealkylation sites (N-methyl/N-ethyl adjacent to an activating group) is 1. The Balaban J connectivity index is 1.37. The van der Waals surface area contributed by atoms with Crippen LogP contribution in [0.25, 0.3) is 22.2 Å². The van der Waals surface area contributed by atoms with E-state index >= 15 is 0 Å². The average Bonchev–Trinajstić information content (AvgIpc) is 3.49. The van der Waals surface area contributed by atoms with E-state index in [1.807, 2.05) is 37.6 Å². The fourth-order valence-electron chi connectivity index (χ4n) is 4.97. The molecule has 0 saturated carbocycles. The number of rotatable bonds is 9. The predicted molar refractivity (Wildman–Crippen MR) is 145 cm³/mol. The Morgan fingerprint density at radius 1 is 1.14 bits per heavy atom. The zero-order valence-corrected chi connectivity index (χ0v) is 21.8. The predicted octanol–water partition coefficient (Wildman–Crippen LogP) is 2.87. The van der Waals surface area contributed by atoms with Crippen LogP contribution < -0.4 is 15.4 Å². The largest absolute Gasteiger partial charge is 0.478 e. The number of aromatic nitrogens is 5. The summed E-state index contributed by atoms with van der Waals surface area (Å²) in [6, 6.07) is 7.95. The van der Waals surface area contributed by atoms with Crippen molar-refractivity contribution in [3.8, 4) is 17.1 Å². The third-order valence-electron chi connectivity index (χ3n) is 6.97. The maximum Gasteiger partial charge on any atom is 0.256 e. The SMILES string of the molecule is CC[C@@H](C(O)Nc1cccc2c(-c3ccnc(Nc4cn(C)nc4OC)n3)c[nH]c12)N1CCN(C)CC1. The molecule has 1 fully saturated rings. The highest BCUT2D eigenvalue weighted by atomic mass is 16.5. The average molecular weight is 506 g/mol. The van der Waals surface area contributed by atoms with Gasteiger partial charge in [0.1, 0.15) is 11.9 Å². The van der Waals surface area contributed by atoms with Crippen molar-refractivity contribution < 1.29 is 9.84 Å². The van der Waals surface area contributed by atoms with Gasteiger partial charge in [-0.05, 0) is 25.6 Å². The number of aliphatic hydroxyl groups excluding tert-OH is 1. The number of benzene rings is 1. The van der Waals surface area contributed by atoms with Gasteiger partial charge in [-0.15, -0.1) is 5.10 Å². The third kappa shape index (κ3) is 5.24. The lowest BCUT2D eigenvalue weighted by atomic mass is 10.1. The van der Waals surface area contributed by atoms with E-state index in [0.29, 0.717) is 17.5 Å². The van der Waals surface area contributed by atoms with E-state index in [1.54, 1.807) is 18.0 Å². The van der Waals surface area contributed by atoms with Gasteiger partial charge in [-0.2, -0.15) is 0 Å². The molecule has 0 amide bonds. The van der Waals surface area contributed by atoms with Crippen molar-refractivity contribution in [3.63, 3.8) is 0 Å². The van der Waals surface area contributed by atoms with E-state index < -0.39 is 6.23 Å². The Hall–Kier alpha value is -3.67. The van der Waals surface area contributed by atoms with Crippen molar-refractivity contribution in [3.05, 3.63) is 42.9 Å². The molecule has 11 heteroatoms. The van der Waals surface area contributed by atoms with Crippen LogP contribution in [0.15, 0.2) is 42.9 Å². The number of hydrogen-bond acceptors (Lipinski definition) is 9. The summed E-state index contributed by atoms with van der Waals surface area (Å²) in [6.07, 6.45) is 5.66. The number of fused-ring (bicyclic) bond motifs is 1. The van der Waals surface area contributed by atoms with Gasteiger partial charge in [0.05, 0.1) is 36.2 Å². The fraction of sp³-hybridized carbons (Fsp3) is 0.423. The van der Waals surface area contributed by atoms with Gasteiger partial charge in [0, 0.05) is 56.6 Å². The van der Waals surface area contributed by atoms with Crippen molar-refractivity contribution in [2.24, 2.45) is 7.05 Å². The Morgan fingerprint density at radius 2 is 1.95 bits per heavy atom. The van der Waals surface area contributed by atoms with E-state index in [1.165, 1.54) is 0 Å². The molecule has 0 radical (unpaired) electrons. The molecule has 1 aliphatic rings. The number of H-pyrrole nitrogens is 1. The van der Waals surface area contributed by atoms with Crippen molar-refractivity contribution in [1.29, 1.82) is 0 Å². The lowest BCUT2D eigenvalue weighted by Gasteiger charge is -2.39. The summed E-state index contributed by atoms with van der Waals surface area (Å²) in [7, 11) is 5.55. The number of aromatic amines is 1. The molecule has 0 spiro atoms. The normalized spacial score (nSPS) is 16.6. The second-order valence-electron chi connectivity index (χ2n) is 9.45. The zero-order chi connectivity index (χ0) is 25.9. The quantitative estimate of drug-likeness (QED) is 0.255. The van der Waals surface area contributed by atoms with E-state index in [2.05, 4.69) is 55.5 Å². The number of anilines is 3. The van der Waals surface area contributed by atoms with Gasteiger partial charge in [0.25, 0.3) is 5.88 Å². The number of para-hydroxylation sites is 1. The van der Waals surface area contributed by atoms with E-state index in [9.17, 15) is 5.11 Å². The van der Waals surface area contributed by atoms with Crippen LogP contribution in [0.2, 0.25) is 0 Å². The maximum absolute atomic E-state index is 11.2.